The Morgan fingerprint density at radius 2 is 1.87 bits per heavy atom. The Balaban J connectivity index is 1.62. The number of anilines is 1. The second kappa shape index (κ2) is 5.03. The first-order valence-electron chi connectivity index (χ1n) is 7.92. The van der Waals surface area contributed by atoms with Gasteiger partial charge in [-0.2, -0.15) is 0 Å². The number of rotatable bonds is 1. The quantitative estimate of drug-likeness (QED) is 0.717. The average Bonchev–Trinajstić information content (AvgIpc) is 3.22. The fourth-order valence-electron chi connectivity index (χ4n) is 4.02. The minimum absolute atomic E-state index is 0.258. The van der Waals surface area contributed by atoms with Crippen molar-refractivity contribution in [1.29, 1.82) is 0 Å². The fraction of sp³-hybridized carbons (Fsp3) is 0.263. The Bertz CT molecular complexity index is 817. The van der Waals surface area contributed by atoms with Crippen LogP contribution in [0.4, 0.5) is 5.69 Å². The van der Waals surface area contributed by atoms with Crippen molar-refractivity contribution in [3.05, 3.63) is 64.1 Å². The summed E-state index contributed by atoms with van der Waals surface area (Å²) in [4.78, 5) is 0. The van der Waals surface area contributed by atoms with E-state index in [2.05, 4.69) is 63.7 Å². The molecule has 23 heavy (non-hydrogen) atoms. The van der Waals surface area contributed by atoms with Crippen molar-refractivity contribution in [3.63, 3.8) is 0 Å². The minimum Gasteiger partial charge on any atom is -0.454 e. The van der Waals surface area contributed by atoms with Gasteiger partial charge in [0.1, 0.15) is 0 Å². The van der Waals surface area contributed by atoms with Gasteiger partial charge in [0.15, 0.2) is 11.5 Å². The predicted molar refractivity (Wildman–Crippen MR) is 93.1 cm³/mol. The van der Waals surface area contributed by atoms with Crippen molar-refractivity contribution in [2.75, 3.05) is 12.1 Å². The van der Waals surface area contributed by atoms with Crippen LogP contribution < -0.4 is 14.8 Å². The molecule has 0 spiro atoms. The first-order valence-corrected chi connectivity index (χ1v) is 8.72. The van der Waals surface area contributed by atoms with Gasteiger partial charge in [0.25, 0.3) is 0 Å². The van der Waals surface area contributed by atoms with E-state index in [1.54, 1.807) is 0 Å². The zero-order valence-corrected chi connectivity index (χ0v) is 14.0. The van der Waals surface area contributed by atoms with Crippen LogP contribution in [0.3, 0.4) is 0 Å². The van der Waals surface area contributed by atoms with Crippen molar-refractivity contribution < 1.29 is 9.47 Å². The van der Waals surface area contributed by atoms with Crippen LogP contribution in [0.2, 0.25) is 0 Å². The lowest BCUT2D eigenvalue weighted by Gasteiger charge is -2.38. The van der Waals surface area contributed by atoms with Gasteiger partial charge in [-0.05, 0) is 41.7 Å². The molecule has 0 radical (unpaired) electrons. The average molecular weight is 370 g/mol. The van der Waals surface area contributed by atoms with E-state index in [1.807, 2.05) is 6.07 Å². The molecule has 2 aromatic carbocycles. The Hall–Kier alpha value is -1.94. The molecule has 4 heteroatoms. The topological polar surface area (TPSA) is 30.5 Å². The third-order valence-corrected chi connectivity index (χ3v) is 5.79. The number of halogens is 1. The van der Waals surface area contributed by atoms with E-state index in [-0.39, 0.29) is 6.04 Å². The Morgan fingerprint density at radius 3 is 2.78 bits per heavy atom. The molecule has 1 N–H and O–H groups in total. The summed E-state index contributed by atoms with van der Waals surface area (Å²) in [5.41, 5.74) is 3.87. The van der Waals surface area contributed by atoms with Crippen molar-refractivity contribution in [3.8, 4) is 11.5 Å². The van der Waals surface area contributed by atoms with E-state index in [0.717, 1.165) is 22.4 Å². The van der Waals surface area contributed by atoms with Gasteiger partial charge in [0.2, 0.25) is 6.79 Å². The van der Waals surface area contributed by atoms with Gasteiger partial charge in [-0.25, -0.2) is 0 Å². The highest BCUT2D eigenvalue weighted by atomic mass is 79.9. The fourth-order valence-corrected chi connectivity index (χ4v) is 4.59. The van der Waals surface area contributed by atoms with Crippen molar-refractivity contribution in [1.82, 2.24) is 0 Å². The first kappa shape index (κ1) is 13.5. The second-order valence-electron chi connectivity index (χ2n) is 6.29. The van der Waals surface area contributed by atoms with Gasteiger partial charge in [-0.15, -0.1) is 0 Å². The number of para-hydroxylation sites is 1. The summed E-state index contributed by atoms with van der Waals surface area (Å²) in [6, 6.07) is 13.0. The summed E-state index contributed by atoms with van der Waals surface area (Å²) in [5.74, 6) is 2.67. The predicted octanol–water partition coefficient (Wildman–Crippen LogP) is 5.00. The Labute approximate surface area is 143 Å². The second-order valence-corrected chi connectivity index (χ2v) is 7.14. The number of ether oxygens (including phenoxy) is 2. The normalized spacial score (nSPS) is 26.6. The van der Waals surface area contributed by atoms with Crippen LogP contribution in [-0.4, -0.2) is 6.79 Å². The van der Waals surface area contributed by atoms with Crippen LogP contribution in [0.1, 0.15) is 29.5 Å². The summed E-state index contributed by atoms with van der Waals surface area (Å²) >= 11 is 3.73. The molecule has 0 saturated heterocycles. The van der Waals surface area contributed by atoms with Gasteiger partial charge in [0, 0.05) is 16.1 Å². The van der Waals surface area contributed by atoms with Crippen LogP contribution in [0.5, 0.6) is 11.5 Å². The molecule has 0 amide bonds. The zero-order valence-electron chi connectivity index (χ0n) is 12.5. The summed E-state index contributed by atoms with van der Waals surface area (Å²) < 4.78 is 12.1. The van der Waals surface area contributed by atoms with Gasteiger partial charge >= 0.3 is 0 Å². The first-order chi connectivity index (χ1) is 11.3. The number of nitrogens with one attached hydrogen (secondary N) is 1. The number of hydrogen-bond acceptors (Lipinski definition) is 3. The highest BCUT2D eigenvalue weighted by molar-refractivity contribution is 9.10. The maximum Gasteiger partial charge on any atom is 0.231 e. The third kappa shape index (κ3) is 2.01. The summed E-state index contributed by atoms with van der Waals surface area (Å²) in [7, 11) is 0. The number of allylic oxidation sites excluding steroid dienone is 2. The molecule has 2 aliphatic heterocycles. The maximum absolute atomic E-state index is 5.58. The van der Waals surface area contributed by atoms with Gasteiger partial charge in [-0.1, -0.05) is 46.3 Å². The zero-order chi connectivity index (χ0) is 15.4. The molecule has 2 aromatic rings. The largest absolute Gasteiger partial charge is 0.454 e. The number of hydrogen-bond donors (Lipinski definition) is 1. The van der Waals surface area contributed by atoms with Gasteiger partial charge < -0.3 is 14.8 Å². The van der Waals surface area contributed by atoms with Crippen molar-refractivity contribution >= 4 is 21.6 Å². The van der Waals surface area contributed by atoms with Crippen LogP contribution in [0, 0.1) is 5.92 Å². The van der Waals surface area contributed by atoms with E-state index in [1.165, 1.54) is 16.8 Å². The summed E-state index contributed by atoms with van der Waals surface area (Å²) in [6.45, 7) is 0.305. The van der Waals surface area contributed by atoms with E-state index in [0.29, 0.717) is 18.6 Å². The molecule has 3 atom stereocenters. The number of benzene rings is 2. The van der Waals surface area contributed by atoms with Crippen molar-refractivity contribution in [2.24, 2.45) is 5.92 Å². The number of fused-ring (bicyclic) bond motifs is 4. The molecule has 1 aliphatic carbocycles. The molecule has 116 valence electrons. The highest BCUT2D eigenvalue weighted by Crippen LogP contribution is 2.52. The Kier molecular flexibility index (Phi) is 2.95. The van der Waals surface area contributed by atoms with Gasteiger partial charge in [0.05, 0.1) is 6.04 Å². The molecule has 5 rings (SSSR count). The van der Waals surface area contributed by atoms with Crippen LogP contribution in [-0.2, 0) is 0 Å². The molecule has 0 unspecified atom stereocenters. The van der Waals surface area contributed by atoms with E-state index >= 15 is 0 Å². The molecule has 3 aliphatic rings. The SMILES string of the molecule is Brc1cc2c(cc1[C@@H]1Nc3ccccc3[C@H]3C=CC[C@@H]31)OCO2. The van der Waals surface area contributed by atoms with E-state index in [4.69, 9.17) is 9.47 Å². The van der Waals surface area contributed by atoms with Gasteiger partial charge in [-0.3, -0.25) is 0 Å². The molecular weight excluding hydrogens is 354 g/mol. The molecule has 0 bridgehead atoms. The Morgan fingerprint density at radius 1 is 1.04 bits per heavy atom. The third-order valence-electron chi connectivity index (χ3n) is 5.10. The smallest absolute Gasteiger partial charge is 0.231 e. The summed E-state index contributed by atoms with van der Waals surface area (Å²) in [6.07, 6.45) is 5.77. The minimum atomic E-state index is 0.258. The van der Waals surface area contributed by atoms with Crippen molar-refractivity contribution in [2.45, 2.75) is 18.4 Å². The van der Waals surface area contributed by atoms with E-state index in [9.17, 15) is 0 Å². The highest BCUT2D eigenvalue weighted by Gasteiger charge is 2.38. The monoisotopic (exact) mass is 369 g/mol. The molecule has 3 nitrogen and oxygen atoms in total. The lowest BCUT2D eigenvalue weighted by atomic mass is 9.77. The standard InChI is InChI=1S/C19H16BrNO2/c20-15-9-18-17(22-10-23-18)8-14(15)19-13-6-3-5-11(13)12-4-1-2-7-16(12)21-19/h1-5,7-9,11,13,19,21H,6,10H2/t11-,13+,19-/m1/s1. The molecule has 0 saturated carbocycles. The summed E-state index contributed by atoms with van der Waals surface area (Å²) in [5, 5.41) is 3.75. The van der Waals surface area contributed by atoms with Crippen LogP contribution >= 0.6 is 15.9 Å². The van der Waals surface area contributed by atoms with E-state index < -0.39 is 0 Å². The van der Waals surface area contributed by atoms with Crippen LogP contribution in [0.15, 0.2) is 53.0 Å². The lowest BCUT2D eigenvalue weighted by molar-refractivity contribution is 0.174. The molecule has 0 aromatic heterocycles. The van der Waals surface area contributed by atoms with Crippen LogP contribution in [0.25, 0.3) is 0 Å². The molecule has 0 fully saturated rings. The molecular formula is C19H16BrNO2. The molecule has 2 heterocycles. The maximum atomic E-state index is 5.58. The lowest BCUT2D eigenvalue weighted by Crippen LogP contribution is -2.29.